The van der Waals surface area contributed by atoms with Gasteiger partial charge in [0, 0.05) is 49.1 Å². The van der Waals surface area contributed by atoms with Crippen LogP contribution in [0.1, 0.15) is 35.3 Å². The zero-order valence-electron chi connectivity index (χ0n) is 24.2. The van der Waals surface area contributed by atoms with E-state index in [1.165, 1.54) is 11.3 Å². The van der Waals surface area contributed by atoms with Crippen molar-refractivity contribution in [2.75, 3.05) is 50.4 Å². The molecule has 2 N–H and O–H groups in total. The van der Waals surface area contributed by atoms with Gasteiger partial charge in [0.2, 0.25) is 5.91 Å². The molecule has 2 heterocycles. The SMILES string of the molecule is Cc1c(Oc2cccc(NC(=O)c3cccc(C(C)(C)C#N)c3)c2)ccc2nc(NC(=O)CN3CCN(C)CC3)sc12. The summed E-state index contributed by atoms with van der Waals surface area (Å²) in [5.74, 6) is 0.899. The minimum Gasteiger partial charge on any atom is -0.457 e. The minimum absolute atomic E-state index is 0.0629. The summed E-state index contributed by atoms with van der Waals surface area (Å²) in [5, 5.41) is 15.9. The monoisotopic (exact) mass is 582 g/mol. The van der Waals surface area contributed by atoms with Crippen molar-refractivity contribution in [1.29, 1.82) is 5.26 Å². The molecular weight excluding hydrogens is 548 g/mol. The van der Waals surface area contributed by atoms with E-state index >= 15 is 0 Å². The average molecular weight is 583 g/mol. The normalized spacial score (nSPS) is 14.4. The molecule has 0 unspecified atom stereocenters. The van der Waals surface area contributed by atoms with Gasteiger partial charge in [-0.05, 0) is 69.8 Å². The summed E-state index contributed by atoms with van der Waals surface area (Å²) in [6.45, 7) is 9.64. The van der Waals surface area contributed by atoms with E-state index in [0.29, 0.717) is 34.4 Å². The number of ether oxygens (including phenoxy) is 1. The lowest BCUT2D eigenvalue weighted by Crippen LogP contribution is -2.47. The van der Waals surface area contributed by atoms with Crippen molar-refractivity contribution in [3.63, 3.8) is 0 Å². The quantitative estimate of drug-likeness (QED) is 0.277. The van der Waals surface area contributed by atoms with Gasteiger partial charge in [-0.15, -0.1) is 0 Å². The topological polar surface area (TPSA) is 111 Å². The van der Waals surface area contributed by atoms with E-state index in [9.17, 15) is 14.9 Å². The molecule has 216 valence electrons. The Balaban J connectivity index is 1.25. The lowest BCUT2D eigenvalue weighted by molar-refractivity contribution is -0.117. The Labute approximate surface area is 249 Å². The second-order valence-corrected chi connectivity index (χ2v) is 12.1. The molecule has 1 aliphatic heterocycles. The van der Waals surface area contributed by atoms with Crippen LogP contribution in [0.3, 0.4) is 0 Å². The Kier molecular flexibility index (Phi) is 8.54. The van der Waals surface area contributed by atoms with Gasteiger partial charge >= 0.3 is 0 Å². The molecule has 1 aliphatic rings. The fourth-order valence-electron chi connectivity index (χ4n) is 4.72. The molecule has 10 heteroatoms. The Morgan fingerprint density at radius 1 is 1.05 bits per heavy atom. The highest BCUT2D eigenvalue weighted by atomic mass is 32.1. The number of aryl methyl sites for hydroxylation is 1. The van der Waals surface area contributed by atoms with Gasteiger partial charge in [0.05, 0.1) is 28.2 Å². The Hall–Kier alpha value is -4.30. The number of amides is 2. The van der Waals surface area contributed by atoms with Crippen LogP contribution < -0.4 is 15.4 Å². The van der Waals surface area contributed by atoms with Crippen LogP contribution in [-0.2, 0) is 10.2 Å². The van der Waals surface area contributed by atoms with Gasteiger partial charge < -0.3 is 20.3 Å². The lowest BCUT2D eigenvalue weighted by Gasteiger charge is -2.31. The molecule has 2 amide bonds. The number of likely N-dealkylation sites (N-methyl/N-ethyl adjacent to an activating group) is 1. The van der Waals surface area contributed by atoms with E-state index in [4.69, 9.17) is 4.74 Å². The van der Waals surface area contributed by atoms with Crippen molar-refractivity contribution in [2.24, 2.45) is 0 Å². The van der Waals surface area contributed by atoms with Crippen molar-refractivity contribution >= 4 is 44.2 Å². The smallest absolute Gasteiger partial charge is 0.255 e. The summed E-state index contributed by atoms with van der Waals surface area (Å²) in [6, 6.07) is 20.3. The highest BCUT2D eigenvalue weighted by Crippen LogP contribution is 2.36. The Morgan fingerprint density at radius 2 is 1.81 bits per heavy atom. The van der Waals surface area contributed by atoms with Gasteiger partial charge in [0.1, 0.15) is 11.5 Å². The number of aromatic nitrogens is 1. The fraction of sp³-hybridized carbons (Fsp3) is 0.312. The largest absolute Gasteiger partial charge is 0.457 e. The molecule has 0 bridgehead atoms. The van der Waals surface area contributed by atoms with Crippen LogP contribution in [0.2, 0.25) is 0 Å². The van der Waals surface area contributed by atoms with E-state index in [-0.39, 0.29) is 11.8 Å². The first-order valence-corrected chi connectivity index (χ1v) is 14.6. The lowest BCUT2D eigenvalue weighted by atomic mass is 9.85. The maximum Gasteiger partial charge on any atom is 0.255 e. The summed E-state index contributed by atoms with van der Waals surface area (Å²) >= 11 is 1.43. The van der Waals surface area contributed by atoms with E-state index in [1.54, 1.807) is 30.3 Å². The Morgan fingerprint density at radius 3 is 2.57 bits per heavy atom. The summed E-state index contributed by atoms with van der Waals surface area (Å²) < 4.78 is 7.15. The number of thiazole rings is 1. The molecule has 1 fully saturated rings. The first kappa shape index (κ1) is 29.2. The zero-order valence-corrected chi connectivity index (χ0v) is 25.0. The highest BCUT2D eigenvalue weighted by molar-refractivity contribution is 7.22. The first-order valence-electron chi connectivity index (χ1n) is 13.8. The minimum atomic E-state index is -0.696. The number of carbonyl (C=O) groups is 2. The van der Waals surface area contributed by atoms with Crippen LogP contribution in [0.4, 0.5) is 10.8 Å². The molecule has 1 aromatic heterocycles. The van der Waals surface area contributed by atoms with Gasteiger partial charge in [0.15, 0.2) is 5.13 Å². The Bertz CT molecular complexity index is 1670. The number of anilines is 2. The van der Waals surface area contributed by atoms with Crippen molar-refractivity contribution < 1.29 is 14.3 Å². The second kappa shape index (κ2) is 12.3. The van der Waals surface area contributed by atoms with E-state index < -0.39 is 5.41 Å². The molecule has 0 radical (unpaired) electrons. The first-order chi connectivity index (χ1) is 20.1. The predicted octanol–water partition coefficient (Wildman–Crippen LogP) is 5.64. The predicted molar refractivity (Wildman–Crippen MR) is 166 cm³/mol. The van der Waals surface area contributed by atoms with Crippen LogP contribution in [0.15, 0.2) is 60.7 Å². The third-order valence-electron chi connectivity index (χ3n) is 7.41. The van der Waals surface area contributed by atoms with Gasteiger partial charge in [0.25, 0.3) is 5.91 Å². The highest BCUT2D eigenvalue weighted by Gasteiger charge is 2.21. The number of fused-ring (bicyclic) bond motifs is 1. The summed E-state index contributed by atoms with van der Waals surface area (Å²) in [5.41, 5.74) is 2.85. The maximum absolute atomic E-state index is 13.0. The van der Waals surface area contributed by atoms with E-state index in [2.05, 4.69) is 38.5 Å². The summed E-state index contributed by atoms with van der Waals surface area (Å²) in [4.78, 5) is 34.6. The number of nitrogens with one attached hydrogen (secondary N) is 2. The number of hydrogen-bond donors (Lipinski definition) is 2. The van der Waals surface area contributed by atoms with Crippen molar-refractivity contribution in [3.8, 4) is 17.6 Å². The number of benzene rings is 3. The molecule has 9 nitrogen and oxygen atoms in total. The summed E-state index contributed by atoms with van der Waals surface area (Å²) in [6.07, 6.45) is 0. The molecule has 0 aliphatic carbocycles. The van der Waals surface area contributed by atoms with Crippen LogP contribution in [0.25, 0.3) is 10.2 Å². The van der Waals surface area contributed by atoms with Crippen LogP contribution in [0, 0.1) is 18.3 Å². The van der Waals surface area contributed by atoms with Gasteiger partial charge in [-0.2, -0.15) is 5.26 Å². The molecule has 5 rings (SSSR count). The van der Waals surface area contributed by atoms with Crippen LogP contribution in [-0.4, -0.2) is 66.4 Å². The van der Waals surface area contributed by atoms with Crippen LogP contribution >= 0.6 is 11.3 Å². The van der Waals surface area contributed by atoms with Gasteiger partial charge in [-0.25, -0.2) is 4.98 Å². The van der Waals surface area contributed by atoms with Crippen molar-refractivity contribution in [1.82, 2.24) is 14.8 Å². The average Bonchev–Trinajstić information content (AvgIpc) is 3.39. The molecule has 1 saturated heterocycles. The molecule has 0 atom stereocenters. The number of rotatable bonds is 8. The number of nitriles is 1. The number of nitrogens with zero attached hydrogens (tertiary/aromatic N) is 4. The van der Waals surface area contributed by atoms with Crippen LogP contribution in [0.5, 0.6) is 11.5 Å². The molecule has 3 aromatic carbocycles. The van der Waals surface area contributed by atoms with Gasteiger partial charge in [-0.1, -0.05) is 29.5 Å². The molecule has 0 saturated carbocycles. The number of hydrogen-bond acceptors (Lipinski definition) is 8. The zero-order chi connectivity index (χ0) is 29.9. The maximum atomic E-state index is 13.0. The fourth-order valence-corrected chi connectivity index (χ4v) is 5.69. The summed E-state index contributed by atoms with van der Waals surface area (Å²) in [7, 11) is 2.09. The second-order valence-electron chi connectivity index (χ2n) is 11.1. The third kappa shape index (κ3) is 6.77. The molecular formula is C32H34N6O3S. The van der Waals surface area contributed by atoms with Crippen molar-refractivity contribution in [2.45, 2.75) is 26.2 Å². The van der Waals surface area contributed by atoms with Crippen molar-refractivity contribution in [3.05, 3.63) is 77.4 Å². The number of piperazine rings is 1. The molecule has 42 heavy (non-hydrogen) atoms. The molecule has 4 aromatic rings. The van der Waals surface area contributed by atoms with E-state index in [1.807, 2.05) is 51.1 Å². The standard InChI is InChI=1S/C32H34N6O3S/c1-21-27(12-11-26-29(21)42-31(35-26)36-28(39)19-38-15-13-37(4)14-16-38)41-25-10-6-9-24(18-25)34-30(40)22-7-5-8-23(17-22)32(2,3)20-33/h5-12,17-18H,13-16,19H2,1-4H3,(H,34,40)(H,35,36,39). The number of carbonyl (C=O) groups excluding carboxylic acids is 2. The third-order valence-corrected chi connectivity index (χ3v) is 8.52. The van der Waals surface area contributed by atoms with Gasteiger partial charge in [-0.3, -0.25) is 14.5 Å². The molecule has 0 spiro atoms. The van der Waals surface area contributed by atoms with E-state index in [0.717, 1.165) is 47.5 Å².